The fraction of sp³-hybridized carbons (Fsp3) is 0.235. The van der Waals surface area contributed by atoms with E-state index in [0.717, 1.165) is 23.3 Å². The lowest BCUT2D eigenvalue weighted by Gasteiger charge is -2.20. The highest BCUT2D eigenvalue weighted by molar-refractivity contribution is 5.92. The van der Waals surface area contributed by atoms with E-state index in [4.69, 9.17) is 9.47 Å². The molecule has 6 heteroatoms. The zero-order valence-electron chi connectivity index (χ0n) is 12.5. The molecule has 1 aliphatic heterocycles. The van der Waals surface area contributed by atoms with Gasteiger partial charge in [0.1, 0.15) is 13.2 Å². The van der Waals surface area contributed by atoms with Gasteiger partial charge in [0.2, 0.25) is 5.91 Å². The number of benzene rings is 2. The number of aryl methyl sites for hydroxylation is 1. The van der Waals surface area contributed by atoms with Crippen molar-refractivity contribution in [1.82, 2.24) is 0 Å². The minimum absolute atomic E-state index is 0.0987. The molecule has 0 radical (unpaired) electrons. The summed E-state index contributed by atoms with van der Waals surface area (Å²) >= 11 is 0. The van der Waals surface area contributed by atoms with Crippen LogP contribution in [0.4, 0.5) is 14.5 Å². The number of amides is 1. The first-order valence-electron chi connectivity index (χ1n) is 7.17. The highest BCUT2D eigenvalue weighted by Crippen LogP contribution is 2.33. The number of ether oxygens (including phenoxy) is 2. The fourth-order valence-corrected chi connectivity index (χ4v) is 2.38. The van der Waals surface area contributed by atoms with E-state index < -0.39 is 11.6 Å². The van der Waals surface area contributed by atoms with Gasteiger partial charge in [0.25, 0.3) is 0 Å². The fourth-order valence-electron chi connectivity index (χ4n) is 2.38. The number of fused-ring (bicyclic) bond motifs is 1. The molecular weight excluding hydrogens is 304 g/mol. The van der Waals surface area contributed by atoms with Crippen molar-refractivity contribution in [2.45, 2.75) is 13.3 Å². The number of anilines is 1. The molecule has 0 saturated carbocycles. The number of rotatable bonds is 3. The van der Waals surface area contributed by atoms with E-state index in [2.05, 4.69) is 5.32 Å². The van der Waals surface area contributed by atoms with Crippen LogP contribution in [-0.2, 0) is 11.2 Å². The third-order valence-electron chi connectivity index (χ3n) is 3.56. The van der Waals surface area contributed by atoms with Crippen molar-refractivity contribution >= 4 is 11.6 Å². The topological polar surface area (TPSA) is 47.6 Å². The summed E-state index contributed by atoms with van der Waals surface area (Å²) in [6, 6.07) is 6.83. The Balaban J connectivity index is 1.73. The minimum Gasteiger partial charge on any atom is -0.486 e. The van der Waals surface area contributed by atoms with Gasteiger partial charge in [-0.15, -0.1) is 0 Å². The van der Waals surface area contributed by atoms with Crippen LogP contribution in [0.5, 0.6) is 11.5 Å². The van der Waals surface area contributed by atoms with Gasteiger partial charge in [0, 0.05) is 11.8 Å². The van der Waals surface area contributed by atoms with E-state index in [1.807, 2.05) is 13.0 Å². The average Bonchev–Trinajstić information content (AvgIpc) is 2.51. The van der Waals surface area contributed by atoms with Crippen molar-refractivity contribution in [3.8, 4) is 11.5 Å². The SMILES string of the molecule is Cc1cc2c(cc1CC(=O)Nc1ccc(F)c(F)c1)OCCO2. The Morgan fingerprint density at radius 2 is 1.78 bits per heavy atom. The van der Waals surface area contributed by atoms with E-state index in [-0.39, 0.29) is 18.0 Å². The number of nitrogens with one attached hydrogen (secondary N) is 1. The summed E-state index contributed by atoms with van der Waals surface area (Å²) in [5.41, 5.74) is 1.90. The van der Waals surface area contributed by atoms with Gasteiger partial charge in [-0.25, -0.2) is 8.78 Å². The third kappa shape index (κ3) is 3.41. The number of halogens is 2. The van der Waals surface area contributed by atoms with E-state index in [9.17, 15) is 13.6 Å². The second kappa shape index (κ2) is 6.24. The molecule has 0 atom stereocenters. The van der Waals surface area contributed by atoms with Crippen LogP contribution in [0.25, 0.3) is 0 Å². The van der Waals surface area contributed by atoms with Crippen LogP contribution in [0.15, 0.2) is 30.3 Å². The molecule has 23 heavy (non-hydrogen) atoms. The van der Waals surface area contributed by atoms with Gasteiger partial charge in [0.05, 0.1) is 6.42 Å². The molecule has 0 bridgehead atoms. The van der Waals surface area contributed by atoms with Crippen molar-refractivity contribution in [1.29, 1.82) is 0 Å². The van der Waals surface area contributed by atoms with Gasteiger partial charge in [-0.05, 0) is 42.3 Å². The molecular formula is C17H15F2NO3. The van der Waals surface area contributed by atoms with E-state index in [0.29, 0.717) is 24.7 Å². The van der Waals surface area contributed by atoms with Crippen LogP contribution in [-0.4, -0.2) is 19.1 Å². The van der Waals surface area contributed by atoms with Crippen molar-refractivity contribution in [3.63, 3.8) is 0 Å². The molecule has 2 aromatic carbocycles. The van der Waals surface area contributed by atoms with Gasteiger partial charge in [-0.2, -0.15) is 0 Å². The van der Waals surface area contributed by atoms with E-state index in [1.165, 1.54) is 6.07 Å². The number of hydrogen-bond acceptors (Lipinski definition) is 3. The van der Waals surface area contributed by atoms with E-state index >= 15 is 0 Å². The van der Waals surface area contributed by atoms with Crippen LogP contribution in [0.1, 0.15) is 11.1 Å². The molecule has 0 aliphatic carbocycles. The van der Waals surface area contributed by atoms with Crippen LogP contribution in [0.2, 0.25) is 0 Å². The summed E-state index contributed by atoms with van der Waals surface area (Å²) in [6.07, 6.45) is 0.0987. The summed E-state index contributed by atoms with van der Waals surface area (Å²) < 4.78 is 37.0. The molecule has 1 N–H and O–H groups in total. The molecule has 4 nitrogen and oxygen atoms in total. The predicted molar refractivity (Wildman–Crippen MR) is 80.9 cm³/mol. The first-order valence-corrected chi connectivity index (χ1v) is 7.17. The summed E-state index contributed by atoms with van der Waals surface area (Å²) in [5.74, 6) is -1.00. The first kappa shape index (κ1) is 15.3. The summed E-state index contributed by atoms with van der Waals surface area (Å²) in [5, 5.41) is 2.55. The largest absolute Gasteiger partial charge is 0.486 e. The lowest BCUT2D eigenvalue weighted by Crippen LogP contribution is -2.18. The lowest BCUT2D eigenvalue weighted by atomic mass is 10.0. The molecule has 0 saturated heterocycles. The summed E-state index contributed by atoms with van der Waals surface area (Å²) in [7, 11) is 0. The van der Waals surface area contributed by atoms with E-state index in [1.54, 1.807) is 6.07 Å². The summed E-state index contributed by atoms with van der Waals surface area (Å²) in [6.45, 7) is 2.84. The molecule has 2 aromatic rings. The number of carbonyl (C=O) groups excluding carboxylic acids is 1. The van der Waals surface area contributed by atoms with Crippen molar-refractivity contribution in [3.05, 3.63) is 53.1 Å². The number of hydrogen-bond donors (Lipinski definition) is 1. The quantitative estimate of drug-likeness (QED) is 0.945. The zero-order chi connectivity index (χ0) is 16.4. The monoisotopic (exact) mass is 319 g/mol. The Bertz CT molecular complexity index is 762. The van der Waals surface area contributed by atoms with Gasteiger partial charge in [-0.3, -0.25) is 4.79 Å². The van der Waals surface area contributed by atoms with Gasteiger partial charge in [-0.1, -0.05) is 0 Å². The standard InChI is InChI=1S/C17H15F2NO3/c1-10-6-15-16(23-5-4-22-15)7-11(10)8-17(21)20-12-2-3-13(18)14(19)9-12/h2-3,6-7,9H,4-5,8H2,1H3,(H,20,21). The van der Waals surface area contributed by atoms with Crippen LogP contribution in [0, 0.1) is 18.6 Å². The maximum absolute atomic E-state index is 13.2. The second-order valence-corrected chi connectivity index (χ2v) is 5.28. The first-order chi connectivity index (χ1) is 11.0. The Labute approximate surface area is 132 Å². The molecule has 0 aromatic heterocycles. The van der Waals surface area contributed by atoms with Crippen molar-refractivity contribution in [2.24, 2.45) is 0 Å². The maximum atomic E-state index is 13.2. The Kier molecular flexibility index (Phi) is 4.14. The molecule has 0 spiro atoms. The van der Waals surface area contributed by atoms with Crippen LogP contribution < -0.4 is 14.8 Å². The molecule has 1 heterocycles. The normalized spacial score (nSPS) is 12.8. The minimum atomic E-state index is -1.00. The Morgan fingerprint density at radius 1 is 1.09 bits per heavy atom. The maximum Gasteiger partial charge on any atom is 0.228 e. The van der Waals surface area contributed by atoms with Crippen LogP contribution >= 0.6 is 0 Å². The second-order valence-electron chi connectivity index (χ2n) is 5.28. The lowest BCUT2D eigenvalue weighted by molar-refractivity contribution is -0.115. The molecule has 0 unspecified atom stereocenters. The third-order valence-corrected chi connectivity index (χ3v) is 3.56. The molecule has 0 fully saturated rings. The van der Waals surface area contributed by atoms with Crippen molar-refractivity contribution < 1.29 is 23.0 Å². The number of carbonyl (C=O) groups is 1. The van der Waals surface area contributed by atoms with Gasteiger partial charge < -0.3 is 14.8 Å². The van der Waals surface area contributed by atoms with Crippen LogP contribution in [0.3, 0.4) is 0 Å². The Morgan fingerprint density at radius 3 is 2.48 bits per heavy atom. The smallest absolute Gasteiger partial charge is 0.228 e. The zero-order valence-corrected chi connectivity index (χ0v) is 12.5. The molecule has 1 amide bonds. The predicted octanol–water partition coefficient (Wildman–Crippen LogP) is 3.23. The highest BCUT2D eigenvalue weighted by atomic mass is 19.2. The molecule has 3 rings (SSSR count). The van der Waals surface area contributed by atoms with Gasteiger partial charge >= 0.3 is 0 Å². The van der Waals surface area contributed by atoms with Crippen molar-refractivity contribution in [2.75, 3.05) is 18.5 Å². The summed E-state index contributed by atoms with van der Waals surface area (Å²) in [4.78, 5) is 12.1. The average molecular weight is 319 g/mol. The van der Waals surface area contributed by atoms with Gasteiger partial charge in [0.15, 0.2) is 23.1 Å². The molecule has 120 valence electrons. The highest BCUT2D eigenvalue weighted by Gasteiger charge is 2.16. The Hall–Kier alpha value is -2.63. The molecule has 1 aliphatic rings.